The molecule has 1 aromatic carbocycles. The lowest BCUT2D eigenvalue weighted by atomic mass is 10.1. The predicted octanol–water partition coefficient (Wildman–Crippen LogP) is 1.23. The number of nitrogens with zero attached hydrogens (tertiary/aromatic N) is 6. The van der Waals surface area contributed by atoms with Crippen molar-refractivity contribution in [1.29, 1.82) is 0 Å². The first-order chi connectivity index (χ1) is 13.8. The van der Waals surface area contributed by atoms with Gasteiger partial charge in [0.1, 0.15) is 12.3 Å². The van der Waals surface area contributed by atoms with Gasteiger partial charge in [0.05, 0.1) is 32.0 Å². The van der Waals surface area contributed by atoms with Crippen LogP contribution < -0.4 is 9.80 Å². The molecule has 2 rings (SSSR count). The van der Waals surface area contributed by atoms with Crippen molar-refractivity contribution >= 4 is 22.0 Å². The Bertz CT molecular complexity index is 966. The Labute approximate surface area is 178 Å². The van der Waals surface area contributed by atoms with Crippen LogP contribution in [-0.4, -0.2) is 92.1 Å². The molecule has 11 heteroatoms. The molecule has 2 aromatic rings. The smallest absolute Gasteiger partial charge is 0.265 e. The molecular formula is C19H31N6O4S+. The molecule has 0 saturated carbocycles. The lowest BCUT2D eigenvalue weighted by Crippen LogP contribution is -2.40. The van der Waals surface area contributed by atoms with Crippen molar-refractivity contribution in [2.24, 2.45) is 0 Å². The zero-order chi connectivity index (χ0) is 22.7. The number of benzene rings is 1. The zero-order valence-electron chi connectivity index (χ0n) is 18.4. The van der Waals surface area contributed by atoms with Crippen LogP contribution >= 0.6 is 0 Å². The normalized spacial score (nSPS) is 12.1. The molecule has 0 unspecified atom stereocenters. The number of phenols is 1. The quantitative estimate of drug-likeness (QED) is 0.439. The summed E-state index contributed by atoms with van der Waals surface area (Å²) >= 11 is 0. The summed E-state index contributed by atoms with van der Waals surface area (Å²) < 4.78 is 31.4. The molecule has 0 aliphatic carbocycles. The number of hydrogen-bond acceptors (Lipinski definition) is 8. The van der Waals surface area contributed by atoms with Crippen LogP contribution in [-0.2, 0) is 16.7 Å². The molecule has 0 spiro atoms. The van der Waals surface area contributed by atoms with E-state index >= 15 is 0 Å². The van der Waals surface area contributed by atoms with Gasteiger partial charge < -0.3 is 19.4 Å². The minimum Gasteiger partial charge on any atom is -0.507 e. The topological polar surface area (TPSA) is 120 Å². The summed E-state index contributed by atoms with van der Waals surface area (Å²) in [6.45, 7) is 1.17. The van der Waals surface area contributed by atoms with Gasteiger partial charge in [0.15, 0.2) is 5.82 Å². The van der Waals surface area contributed by atoms with Crippen molar-refractivity contribution in [1.82, 2.24) is 15.0 Å². The van der Waals surface area contributed by atoms with Gasteiger partial charge in [-0.2, -0.15) is 23.4 Å². The summed E-state index contributed by atoms with van der Waals surface area (Å²) in [7, 11) is 7.34. The van der Waals surface area contributed by atoms with E-state index in [9.17, 15) is 13.5 Å². The number of rotatable bonds is 9. The van der Waals surface area contributed by atoms with Crippen LogP contribution in [0, 0.1) is 0 Å². The molecule has 0 radical (unpaired) electrons. The largest absolute Gasteiger partial charge is 0.507 e. The first-order valence-electron chi connectivity index (χ1n) is 9.47. The fourth-order valence-corrected chi connectivity index (χ4v) is 3.48. The van der Waals surface area contributed by atoms with E-state index in [1.807, 2.05) is 54.4 Å². The highest BCUT2D eigenvalue weighted by Gasteiger charge is 2.20. The highest BCUT2D eigenvalue weighted by molar-refractivity contribution is 7.85. The van der Waals surface area contributed by atoms with E-state index < -0.39 is 10.1 Å². The molecule has 0 aliphatic rings. The van der Waals surface area contributed by atoms with E-state index in [0.717, 1.165) is 5.56 Å². The summed E-state index contributed by atoms with van der Waals surface area (Å²) in [5.74, 6) is 1.13. The maximum Gasteiger partial charge on any atom is 0.265 e. The molecule has 10 nitrogen and oxygen atoms in total. The summed E-state index contributed by atoms with van der Waals surface area (Å²) in [5.41, 5.74) is 1.44. The molecule has 0 amide bonds. The summed E-state index contributed by atoms with van der Waals surface area (Å²) in [5, 5.41) is 10.4. The Kier molecular flexibility index (Phi) is 7.22. The predicted molar refractivity (Wildman–Crippen MR) is 117 cm³/mol. The van der Waals surface area contributed by atoms with Crippen LogP contribution in [0.4, 0.5) is 11.9 Å². The Hall–Kier alpha value is -2.50. The van der Waals surface area contributed by atoms with Gasteiger partial charge in [-0.05, 0) is 18.2 Å². The van der Waals surface area contributed by atoms with Gasteiger partial charge in [-0.15, -0.1) is 0 Å². The van der Waals surface area contributed by atoms with Crippen molar-refractivity contribution < 1.29 is 22.6 Å². The number of quaternary nitrogens is 1. The average molecular weight is 440 g/mol. The van der Waals surface area contributed by atoms with Crippen LogP contribution in [0.2, 0.25) is 0 Å². The Morgan fingerprint density at radius 2 is 1.57 bits per heavy atom. The van der Waals surface area contributed by atoms with E-state index in [1.54, 1.807) is 15.9 Å². The third kappa shape index (κ3) is 6.78. The second kappa shape index (κ2) is 9.11. The Morgan fingerprint density at radius 1 is 1.00 bits per heavy atom. The second-order valence-corrected chi connectivity index (χ2v) is 9.93. The minimum atomic E-state index is -3.96. The fourth-order valence-electron chi connectivity index (χ4n) is 2.98. The molecule has 0 saturated heterocycles. The van der Waals surface area contributed by atoms with E-state index in [0.29, 0.717) is 47.3 Å². The maximum absolute atomic E-state index is 11.0. The van der Waals surface area contributed by atoms with Gasteiger partial charge in [0.25, 0.3) is 10.1 Å². The van der Waals surface area contributed by atoms with Crippen molar-refractivity contribution in [2.45, 2.75) is 13.0 Å². The van der Waals surface area contributed by atoms with Crippen molar-refractivity contribution in [2.75, 3.05) is 64.4 Å². The molecule has 0 bridgehead atoms. The molecule has 166 valence electrons. The third-order valence-corrected chi connectivity index (χ3v) is 5.29. The number of aromatic nitrogens is 3. The van der Waals surface area contributed by atoms with Crippen LogP contribution in [0.1, 0.15) is 12.0 Å². The monoisotopic (exact) mass is 439 g/mol. The highest BCUT2D eigenvalue weighted by Crippen LogP contribution is 2.30. The summed E-state index contributed by atoms with van der Waals surface area (Å²) in [6.07, 6.45) is 0.350. The number of anilines is 2. The van der Waals surface area contributed by atoms with Gasteiger partial charge in [0.2, 0.25) is 11.9 Å². The van der Waals surface area contributed by atoms with Crippen molar-refractivity contribution in [3.8, 4) is 17.1 Å². The van der Waals surface area contributed by atoms with Gasteiger partial charge in [-0.1, -0.05) is 0 Å². The molecule has 30 heavy (non-hydrogen) atoms. The molecule has 1 heterocycles. The van der Waals surface area contributed by atoms with Gasteiger partial charge in [-0.3, -0.25) is 4.55 Å². The van der Waals surface area contributed by atoms with Gasteiger partial charge in [-0.25, -0.2) is 0 Å². The average Bonchev–Trinajstić information content (AvgIpc) is 2.61. The van der Waals surface area contributed by atoms with Crippen LogP contribution in [0.15, 0.2) is 18.2 Å². The maximum atomic E-state index is 11.0. The first-order valence-corrected chi connectivity index (χ1v) is 11.1. The fraction of sp³-hybridized carbons (Fsp3) is 0.526. The van der Waals surface area contributed by atoms with Gasteiger partial charge in [0, 0.05) is 40.2 Å². The molecule has 2 N–H and O–H groups in total. The zero-order valence-corrected chi connectivity index (χ0v) is 19.2. The lowest BCUT2D eigenvalue weighted by molar-refractivity contribution is -0.903. The number of phenolic OH excluding ortho intramolecular Hbond substituents is 1. The standard InChI is InChI=1S/C19H30N6O4S/c1-23(2)18-20-17(21-19(22-18)24(3)4)15-12-14(8-9-16(15)26)13-25(5,6)10-7-11-30(27,28)29/h8-9,12H,7,10-11,13H2,1-6H3,(H-,20,21,22,26,27,28,29)/p+1. The van der Waals surface area contributed by atoms with E-state index in [2.05, 4.69) is 15.0 Å². The van der Waals surface area contributed by atoms with E-state index in [-0.39, 0.29) is 11.5 Å². The van der Waals surface area contributed by atoms with Crippen molar-refractivity contribution in [3.05, 3.63) is 23.8 Å². The Morgan fingerprint density at radius 3 is 2.07 bits per heavy atom. The number of aromatic hydroxyl groups is 1. The van der Waals surface area contributed by atoms with Gasteiger partial charge >= 0.3 is 0 Å². The molecular weight excluding hydrogens is 408 g/mol. The summed E-state index contributed by atoms with van der Waals surface area (Å²) in [4.78, 5) is 16.9. The number of hydrogen-bond donors (Lipinski definition) is 2. The molecule has 0 aliphatic heterocycles. The second-order valence-electron chi connectivity index (χ2n) is 8.36. The van der Waals surface area contributed by atoms with Crippen LogP contribution in [0.3, 0.4) is 0 Å². The molecule has 0 fully saturated rings. The molecule has 1 aromatic heterocycles. The first kappa shape index (κ1) is 23.8. The highest BCUT2D eigenvalue weighted by atomic mass is 32.2. The third-order valence-electron chi connectivity index (χ3n) is 4.49. The summed E-state index contributed by atoms with van der Waals surface area (Å²) in [6, 6.07) is 5.27. The van der Waals surface area contributed by atoms with Crippen LogP contribution in [0.5, 0.6) is 5.75 Å². The SMILES string of the molecule is CN(C)c1nc(-c2cc(C[N+](C)(C)CCCS(=O)(=O)O)ccc2O)nc(N(C)C)n1. The Balaban J connectivity index is 2.33. The van der Waals surface area contributed by atoms with Crippen molar-refractivity contribution in [3.63, 3.8) is 0 Å². The van der Waals surface area contributed by atoms with Crippen LogP contribution in [0.25, 0.3) is 11.4 Å². The lowest BCUT2D eigenvalue weighted by Gasteiger charge is -2.30. The van der Waals surface area contributed by atoms with E-state index in [1.165, 1.54) is 0 Å². The minimum absolute atomic E-state index is 0.0658. The molecule has 0 atom stereocenters. The van der Waals surface area contributed by atoms with E-state index in [4.69, 9.17) is 4.55 Å².